The molecule has 1 saturated heterocycles. The first-order chi connectivity index (χ1) is 16.6. The number of hydrogen-bond acceptors (Lipinski definition) is 5. The summed E-state index contributed by atoms with van der Waals surface area (Å²) in [5, 5.41) is 3.15. The summed E-state index contributed by atoms with van der Waals surface area (Å²) in [6.45, 7) is 4.65. The molecule has 0 aromatic heterocycles. The van der Waals surface area contributed by atoms with Crippen LogP contribution in [0.15, 0.2) is 66.7 Å². The van der Waals surface area contributed by atoms with E-state index in [9.17, 15) is 4.79 Å². The zero-order chi connectivity index (χ0) is 23.7. The van der Waals surface area contributed by atoms with Crippen molar-refractivity contribution >= 4 is 23.0 Å². The molecule has 2 heterocycles. The number of methoxy groups -OCH3 is 2. The van der Waals surface area contributed by atoms with Crippen LogP contribution in [0.3, 0.4) is 0 Å². The number of benzene rings is 3. The molecule has 1 fully saturated rings. The Morgan fingerprint density at radius 1 is 0.912 bits per heavy atom. The molecular formula is C28H31N3O3. The predicted octanol–water partition coefficient (Wildman–Crippen LogP) is 4.52. The van der Waals surface area contributed by atoms with Gasteiger partial charge in [0, 0.05) is 42.8 Å². The van der Waals surface area contributed by atoms with Gasteiger partial charge in [0.05, 0.1) is 26.2 Å². The van der Waals surface area contributed by atoms with Gasteiger partial charge in [-0.2, -0.15) is 0 Å². The Labute approximate surface area is 201 Å². The van der Waals surface area contributed by atoms with Crippen molar-refractivity contribution in [1.29, 1.82) is 0 Å². The van der Waals surface area contributed by atoms with E-state index in [2.05, 4.69) is 58.4 Å². The van der Waals surface area contributed by atoms with E-state index in [0.717, 1.165) is 36.8 Å². The van der Waals surface area contributed by atoms with Crippen LogP contribution in [0.25, 0.3) is 0 Å². The molecule has 3 aromatic rings. The molecular weight excluding hydrogens is 426 g/mol. The molecule has 2 unspecified atom stereocenters. The van der Waals surface area contributed by atoms with E-state index < -0.39 is 0 Å². The van der Waals surface area contributed by atoms with Gasteiger partial charge in [-0.25, -0.2) is 0 Å². The van der Waals surface area contributed by atoms with E-state index >= 15 is 0 Å². The number of hydrogen-bond donors (Lipinski definition) is 1. The Morgan fingerprint density at radius 3 is 2.32 bits per heavy atom. The molecule has 2 aliphatic rings. The monoisotopic (exact) mass is 457 g/mol. The molecule has 0 saturated carbocycles. The average molecular weight is 458 g/mol. The van der Waals surface area contributed by atoms with E-state index in [0.29, 0.717) is 6.42 Å². The highest BCUT2D eigenvalue weighted by molar-refractivity contribution is 5.94. The van der Waals surface area contributed by atoms with E-state index in [1.807, 2.05) is 30.3 Å². The third kappa shape index (κ3) is 4.28. The Kier molecular flexibility index (Phi) is 6.05. The second-order valence-corrected chi connectivity index (χ2v) is 9.07. The highest BCUT2D eigenvalue weighted by Gasteiger charge is 2.41. The minimum absolute atomic E-state index is 0.0485. The van der Waals surface area contributed by atoms with Gasteiger partial charge in [0.15, 0.2) is 0 Å². The smallest absolute Gasteiger partial charge is 0.229 e. The zero-order valence-corrected chi connectivity index (χ0v) is 20.0. The van der Waals surface area contributed by atoms with Crippen molar-refractivity contribution in [3.63, 3.8) is 0 Å². The third-order valence-corrected chi connectivity index (χ3v) is 7.02. The minimum Gasteiger partial charge on any atom is -0.497 e. The quantitative estimate of drug-likeness (QED) is 0.611. The van der Waals surface area contributed by atoms with Gasteiger partial charge in [0.2, 0.25) is 5.91 Å². The number of carbonyl (C=O) groups is 1. The van der Waals surface area contributed by atoms with Crippen molar-refractivity contribution in [3.8, 4) is 11.5 Å². The fourth-order valence-corrected chi connectivity index (χ4v) is 5.10. The first kappa shape index (κ1) is 22.1. The second kappa shape index (κ2) is 9.29. The van der Waals surface area contributed by atoms with Crippen LogP contribution in [-0.4, -0.2) is 45.8 Å². The van der Waals surface area contributed by atoms with Crippen LogP contribution in [0.2, 0.25) is 0 Å². The summed E-state index contributed by atoms with van der Waals surface area (Å²) in [4.78, 5) is 18.4. The third-order valence-electron chi connectivity index (χ3n) is 7.02. The average Bonchev–Trinajstić information content (AvgIpc) is 2.88. The normalized spacial score (nSPS) is 19.1. The van der Waals surface area contributed by atoms with Crippen LogP contribution in [0.5, 0.6) is 11.5 Å². The number of carbonyl (C=O) groups excluding carboxylic acids is 1. The van der Waals surface area contributed by atoms with Gasteiger partial charge in [-0.1, -0.05) is 23.8 Å². The fraction of sp³-hybridized carbons (Fsp3) is 0.321. The van der Waals surface area contributed by atoms with Crippen LogP contribution in [0, 0.1) is 12.8 Å². The highest BCUT2D eigenvalue weighted by Crippen LogP contribution is 2.39. The Hall–Kier alpha value is -3.67. The molecule has 0 spiro atoms. The Balaban J connectivity index is 1.44. The zero-order valence-electron chi connectivity index (χ0n) is 20.0. The molecule has 2 aliphatic heterocycles. The molecule has 0 aliphatic carbocycles. The maximum atomic E-state index is 13.6. The van der Waals surface area contributed by atoms with Crippen molar-refractivity contribution in [2.75, 3.05) is 49.0 Å². The van der Waals surface area contributed by atoms with Gasteiger partial charge in [-0.3, -0.25) is 4.79 Å². The predicted molar refractivity (Wildman–Crippen MR) is 136 cm³/mol. The lowest BCUT2D eigenvalue weighted by Crippen LogP contribution is -2.60. The van der Waals surface area contributed by atoms with Gasteiger partial charge in [-0.05, 0) is 61.4 Å². The number of amides is 1. The molecule has 0 bridgehead atoms. The number of piperazine rings is 1. The Morgan fingerprint density at radius 2 is 1.62 bits per heavy atom. The van der Waals surface area contributed by atoms with E-state index in [1.54, 1.807) is 14.2 Å². The van der Waals surface area contributed by atoms with E-state index in [1.165, 1.54) is 22.5 Å². The van der Waals surface area contributed by atoms with Crippen molar-refractivity contribution in [1.82, 2.24) is 0 Å². The number of nitrogens with zero attached hydrogens (tertiary/aromatic N) is 2. The van der Waals surface area contributed by atoms with Crippen LogP contribution in [0.4, 0.5) is 17.1 Å². The summed E-state index contributed by atoms with van der Waals surface area (Å²) < 4.78 is 10.8. The van der Waals surface area contributed by atoms with Gasteiger partial charge in [-0.15, -0.1) is 0 Å². The van der Waals surface area contributed by atoms with Crippen LogP contribution in [0.1, 0.15) is 11.1 Å². The maximum absolute atomic E-state index is 13.6. The summed E-state index contributed by atoms with van der Waals surface area (Å²) in [7, 11) is 3.34. The van der Waals surface area contributed by atoms with Gasteiger partial charge in [0.1, 0.15) is 11.5 Å². The molecule has 1 N–H and O–H groups in total. The summed E-state index contributed by atoms with van der Waals surface area (Å²) >= 11 is 0. The molecule has 6 heteroatoms. The summed E-state index contributed by atoms with van der Waals surface area (Å²) in [5.74, 6) is 1.49. The van der Waals surface area contributed by atoms with Crippen LogP contribution < -0.4 is 24.6 Å². The SMILES string of the molecule is COc1ccc(NC(=O)C2Cc3ccc(OC)cc3N3CCN(c4ccc(C)cc4)CC23)cc1. The Bertz CT molecular complexity index is 1160. The summed E-state index contributed by atoms with van der Waals surface area (Å²) in [6, 6.07) is 22.4. The van der Waals surface area contributed by atoms with Crippen molar-refractivity contribution in [2.24, 2.45) is 5.92 Å². The summed E-state index contributed by atoms with van der Waals surface area (Å²) in [5.41, 5.74) is 5.61. The lowest BCUT2D eigenvalue weighted by molar-refractivity contribution is -0.120. The molecule has 5 rings (SSSR count). The molecule has 176 valence electrons. The van der Waals surface area contributed by atoms with E-state index in [4.69, 9.17) is 9.47 Å². The first-order valence-corrected chi connectivity index (χ1v) is 11.8. The van der Waals surface area contributed by atoms with Crippen molar-refractivity contribution < 1.29 is 14.3 Å². The topological polar surface area (TPSA) is 54.0 Å². The van der Waals surface area contributed by atoms with E-state index in [-0.39, 0.29) is 17.9 Å². The largest absolute Gasteiger partial charge is 0.497 e. The lowest BCUT2D eigenvalue weighted by atomic mass is 9.83. The molecule has 1 amide bonds. The number of rotatable bonds is 5. The number of aryl methyl sites for hydroxylation is 1. The number of fused-ring (bicyclic) bond motifs is 3. The van der Waals surface area contributed by atoms with Gasteiger partial charge >= 0.3 is 0 Å². The first-order valence-electron chi connectivity index (χ1n) is 11.8. The number of nitrogens with one attached hydrogen (secondary N) is 1. The summed E-state index contributed by atoms with van der Waals surface area (Å²) in [6.07, 6.45) is 0.699. The fourth-order valence-electron chi connectivity index (χ4n) is 5.10. The highest BCUT2D eigenvalue weighted by atomic mass is 16.5. The number of ether oxygens (including phenoxy) is 2. The van der Waals surface area contributed by atoms with Gasteiger partial charge < -0.3 is 24.6 Å². The molecule has 34 heavy (non-hydrogen) atoms. The lowest BCUT2D eigenvalue weighted by Gasteiger charge is -2.49. The van der Waals surface area contributed by atoms with Crippen LogP contribution in [-0.2, 0) is 11.2 Å². The molecule has 6 nitrogen and oxygen atoms in total. The minimum atomic E-state index is -0.170. The molecule has 3 aromatic carbocycles. The van der Waals surface area contributed by atoms with Crippen molar-refractivity contribution in [2.45, 2.75) is 19.4 Å². The maximum Gasteiger partial charge on any atom is 0.229 e. The molecule has 2 atom stereocenters. The number of anilines is 3. The van der Waals surface area contributed by atoms with Crippen molar-refractivity contribution in [3.05, 3.63) is 77.9 Å². The van der Waals surface area contributed by atoms with Gasteiger partial charge in [0.25, 0.3) is 0 Å². The standard InChI is InChI=1S/C28H31N3O3/c1-19-4-9-22(10-5-19)30-14-15-31-26-17-24(34-3)11-6-20(26)16-25(27(31)18-30)28(32)29-21-7-12-23(33-2)13-8-21/h4-13,17,25,27H,14-16,18H2,1-3H3,(H,29,32). The molecule has 0 radical (unpaired) electrons. The second-order valence-electron chi connectivity index (χ2n) is 9.07. The van der Waals surface area contributed by atoms with Crippen LogP contribution >= 0.6 is 0 Å².